The molecule has 1 aliphatic heterocycles. The summed E-state index contributed by atoms with van der Waals surface area (Å²) in [4.78, 5) is 26.7. The average molecular weight is 383 g/mol. The number of furan rings is 1. The quantitative estimate of drug-likeness (QED) is 0.816. The maximum atomic E-state index is 12.6. The molecule has 1 aromatic heterocycles. The summed E-state index contributed by atoms with van der Waals surface area (Å²) < 4.78 is 5.80. The van der Waals surface area contributed by atoms with E-state index in [1.807, 2.05) is 42.2 Å². The molecule has 150 valence electrons. The number of hydrogen-bond donors (Lipinski definition) is 1. The Morgan fingerprint density at radius 1 is 1.11 bits per heavy atom. The second kappa shape index (κ2) is 8.21. The minimum absolute atomic E-state index is 0.141. The Hall–Kier alpha value is -2.56. The highest BCUT2D eigenvalue weighted by Gasteiger charge is 2.23. The minimum Gasteiger partial charge on any atom is -0.455 e. The fraction of sp³-hybridized carbons (Fsp3) is 0.478. The molecule has 0 atom stereocenters. The van der Waals surface area contributed by atoms with Gasteiger partial charge in [-0.2, -0.15) is 0 Å². The van der Waals surface area contributed by atoms with Crippen LogP contribution in [0.5, 0.6) is 0 Å². The van der Waals surface area contributed by atoms with Gasteiger partial charge >= 0.3 is 0 Å². The number of amides is 2. The summed E-state index contributed by atoms with van der Waals surface area (Å²) >= 11 is 0. The molecule has 2 heterocycles. The number of carbonyl (C=O) groups is 2. The first-order valence-corrected chi connectivity index (χ1v) is 10.0. The van der Waals surface area contributed by atoms with Gasteiger partial charge in [-0.25, -0.2) is 0 Å². The molecule has 0 saturated carbocycles. The highest BCUT2D eigenvalue weighted by atomic mass is 16.4. The molecule has 1 aromatic carbocycles. The van der Waals surface area contributed by atoms with Crippen molar-refractivity contribution in [2.24, 2.45) is 0 Å². The van der Waals surface area contributed by atoms with Crippen molar-refractivity contribution in [1.82, 2.24) is 4.90 Å². The third kappa shape index (κ3) is 4.83. The van der Waals surface area contributed by atoms with Gasteiger partial charge in [0.15, 0.2) is 5.76 Å². The van der Waals surface area contributed by atoms with Gasteiger partial charge in [-0.05, 0) is 49.9 Å². The van der Waals surface area contributed by atoms with E-state index in [0.717, 1.165) is 49.2 Å². The van der Waals surface area contributed by atoms with Crippen LogP contribution < -0.4 is 5.32 Å². The summed E-state index contributed by atoms with van der Waals surface area (Å²) in [5.41, 5.74) is 2.50. The highest BCUT2D eigenvalue weighted by Crippen LogP contribution is 2.27. The van der Waals surface area contributed by atoms with Gasteiger partial charge in [-0.15, -0.1) is 0 Å². The lowest BCUT2D eigenvalue weighted by molar-refractivity contribution is -0.130. The maximum Gasteiger partial charge on any atom is 0.291 e. The standard InChI is InChI=1S/C23H30N2O3/c1-16-15-19(23(2,3)4)28-21(16)22(27)24-18-10-7-17(8-11-18)9-12-20(26)25-13-5-6-14-25/h7-8,10-11,15H,5-6,9,12-14H2,1-4H3,(H,24,27). The van der Waals surface area contributed by atoms with E-state index in [0.29, 0.717) is 17.9 Å². The molecule has 0 aliphatic carbocycles. The fourth-order valence-corrected chi connectivity index (χ4v) is 3.40. The predicted molar refractivity (Wildman–Crippen MR) is 111 cm³/mol. The molecule has 0 radical (unpaired) electrons. The number of anilines is 1. The molecule has 0 bridgehead atoms. The van der Waals surface area contributed by atoms with Crippen molar-refractivity contribution in [3.8, 4) is 0 Å². The third-order valence-electron chi connectivity index (χ3n) is 5.16. The van der Waals surface area contributed by atoms with Crippen LogP contribution in [-0.2, 0) is 16.6 Å². The van der Waals surface area contributed by atoms with Crippen molar-refractivity contribution in [3.63, 3.8) is 0 Å². The van der Waals surface area contributed by atoms with Crippen LogP contribution in [0.25, 0.3) is 0 Å². The zero-order valence-corrected chi connectivity index (χ0v) is 17.3. The highest BCUT2D eigenvalue weighted by molar-refractivity contribution is 6.03. The van der Waals surface area contributed by atoms with Gasteiger partial charge < -0.3 is 14.6 Å². The molecule has 1 aliphatic rings. The summed E-state index contributed by atoms with van der Waals surface area (Å²) in [7, 11) is 0. The van der Waals surface area contributed by atoms with Crippen LogP contribution in [0.15, 0.2) is 34.7 Å². The van der Waals surface area contributed by atoms with Crippen LogP contribution >= 0.6 is 0 Å². The van der Waals surface area contributed by atoms with E-state index in [9.17, 15) is 9.59 Å². The molecular weight excluding hydrogens is 352 g/mol. The van der Waals surface area contributed by atoms with Crippen LogP contribution in [0.2, 0.25) is 0 Å². The van der Waals surface area contributed by atoms with Crippen LogP contribution in [0.4, 0.5) is 5.69 Å². The first-order chi connectivity index (χ1) is 13.2. The molecule has 1 N–H and O–H groups in total. The minimum atomic E-state index is -0.245. The van der Waals surface area contributed by atoms with E-state index in [1.54, 1.807) is 0 Å². The first kappa shape index (κ1) is 20.2. The van der Waals surface area contributed by atoms with Crippen molar-refractivity contribution in [3.05, 3.63) is 53.0 Å². The second-order valence-corrected chi connectivity index (χ2v) is 8.61. The van der Waals surface area contributed by atoms with Crippen LogP contribution in [0.3, 0.4) is 0 Å². The molecule has 0 unspecified atom stereocenters. The molecule has 5 heteroatoms. The molecule has 0 spiro atoms. The molecule has 1 saturated heterocycles. The zero-order valence-electron chi connectivity index (χ0n) is 17.3. The van der Waals surface area contributed by atoms with Crippen molar-refractivity contribution in [1.29, 1.82) is 0 Å². The molecule has 5 nitrogen and oxygen atoms in total. The predicted octanol–water partition coefficient (Wildman–Crippen LogP) is 4.69. The van der Waals surface area contributed by atoms with Crippen LogP contribution in [0.1, 0.15) is 67.5 Å². The molecule has 2 amide bonds. The third-order valence-corrected chi connectivity index (χ3v) is 5.16. The Morgan fingerprint density at radius 3 is 2.32 bits per heavy atom. The zero-order chi connectivity index (χ0) is 20.3. The molecular formula is C23H30N2O3. The van der Waals surface area contributed by atoms with Gasteiger partial charge in [-0.3, -0.25) is 9.59 Å². The van der Waals surface area contributed by atoms with Crippen molar-refractivity contribution in [2.75, 3.05) is 18.4 Å². The Balaban J connectivity index is 1.57. The van der Waals surface area contributed by atoms with Crippen LogP contribution in [-0.4, -0.2) is 29.8 Å². The van der Waals surface area contributed by atoms with Gasteiger partial charge in [-0.1, -0.05) is 32.9 Å². The fourth-order valence-electron chi connectivity index (χ4n) is 3.40. The lowest BCUT2D eigenvalue weighted by Gasteiger charge is -2.15. The number of aryl methyl sites for hydroxylation is 2. The van der Waals surface area contributed by atoms with Gasteiger partial charge in [0, 0.05) is 36.2 Å². The molecule has 2 aromatic rings. The normalized spacial score (nSPS) is 14.4. The second-order valence-electron chi connectivity index (χ2n) is 8.61. The van der Waals surface area contributed by atoms with E-state index < -0.39 is 0 Å². The first-order valence-electron chi connectivity index (χ1n) is 10.0. The maximum absolute atomic E-state index is 12.6. The Morgan fingerprint density at radius 2 is 1.75 bits per heavy atom. The number of hydrogen-bond acceptors (Lipinski definition) is 3. The lowest BCUT2D eigenvalue weighted by atomic mass is 9.93. The average Bonchev–Trinajstić information content (AvgIpc) is 3.30. The summed E-state index contributed by atoms with van der Waals surface area (Å²) in [6.07, 6.45) is 3.49. The van der Waals surface area contributed by atoms with E-state index in [4.69, 9.17) is 4.42 Å². The van der Waals surface area contributed by atoms with Gasteiger partial charge in [0.25, 0.3) is 5.91 Å². The van der Waals surface area contributed by atoms with Crippen molar-refractivity contribution >= 4 is 17.5 Å². The molecule has 1 fully saturated rings. The summed E-state index contributed by atoms with van der Waals surface area (Å²) in [5.74, 6) is 1.14. The van der Waals surface area contributed by atoms with Crippen molar-refractivity contribution < 1.29 is 14.0 Å². The topological polar surface area (TPSA) is 62.6 Å². The number of nitrogens with zero attached hydrogens (tertiary/aromatic N) is 1. The number of rotatable bonds is 5. The molecule has 28 heavy (non-hydrogen) atoms. The van der Waals surface area contributed by atoms with Gasteiger partial charge in [0.1, 0.15) is 5.76 Å². The van der Waals surface area contributed by atoms with E-state index in [-0.39, 0.29) is 17.2 Å². The van der Waals surface area contributed by atoms with E-state index in [2.05, 4.69) is 26.1 Å². The van der Waals surface area contributed by atoms with E-state index in [1.165, 1.54) is 0 Å². The number of carbonyl (C=O) groups excluding carboxylic acids is 2. The number of likely N-dealkylation sites (tertiary alicyclic amines) is 1. The lowest BCUT2D eigenvalue weighted by Crippen LogP contribution is -2.27. The molecule has 3 rings (SSSR count). The Bertz CT molecular complexity index is 838. The van der Waals surface area contributed by atoms with Crippen LogP contribution in [0, 0.1) is 6.92 Å². The summed E-state index contributed by atoms with van der Waals surface area (Å²) in [6.45, 7) is 9.84. The number of benzene rings is 1. The van der Waals surface area contributed by atoms with Gasteiger partial charge in [0.05, 0.1) is 0 Å². The smallest absolute Gasteiger partial charge is 0.291 e. The summed E-state index contributed by atoms with van der Waals surface area (Å²) in [5, 5.41) is 2.89. The van der Waals surface area contributed by atoms with Gasteiger partial charge in [0.2, 0.25) is 5.91 Å². The SMILES string of the molecule is Cc1cc(C(C)(C)C)oc1C(=O)Nc1ccc(CCC(=O)N2CCCC2)cc1. The summed E-state index contributed by atoms with van der Waals surface area (Å²) in [6, 6.07) is 9.59. The van der Waals surface area contributed by atoms with E-state index >= 15 is 0 Å². The Kier molecular flexibility index (Phi) is 5.92. The monoisotopic (exact) mass is 382 g/mol. The number of nitrogens with one attached hydrogen (secondary N) is 1. The Labute approximate surface area is 167 Å². The largest absolute Gasteiger partial charge is 0.455 e. The van der Waals surface area contributed by atoms with Crippen molar-refractivity contribution in [2.45, 2.75) is 58.8 Å².